The van der Waals surface area contributed by atoms with Crippen LogP contribution in [0, 0.1) is 5.92 Å². The lowest BCUT2D eigenvalue weighted by atomic mass is 10.1. The molecular weight excluding hydrogens is 352 g/mol. The van der Waals surface area contributed by atoms with E-state index in [1.165, 1.54) is 0 Å². The maximum absolute atomic E-state index is 12.9. The molecule has 0 unspecified atom stereocenters. The Kier molecular flexibility index (Phi) is 4.65. The minimum atomic E-state index is -0.215. The van der Waals surface area contributed by atoms with Gasteiger partial charge in [0.15, 0.2) is 0 Å². The van der Waals surface area contributed by atoms with Crippen LogP contribution in [0.5, 0.6) is 0 Å². The van der Waals surface area contributed by atoms with Crippen LogP contribution in [0.4, 0.5) is 5.95 Å². The fraction of sp³-hybridized carbons (Fsp3) is 0.238. The van der Waals surface area contributed by atoms with Crippen molar-refractivity contribution in [3.8, 4) is 11.3 Å². The molecule has 0 saturated carbocycles. The molecule has 142 valence electrons. The average molecular weight is 374 g/mol. The number of para-hydroxylation sites is 2. The van der Waals surface area contributed by atoms with E-state index in [-0.39, 0.29) is 5.91 Å². The summed E-state index contributed by atoms with van der Waals surface area (Å²) in [5, 5.41) is 7.13. The first kappa shape index (κ1) is 17.9. The SMILES string of the molecule is CC(C)Cn1c(NC(=O)c2ccnc(-c3cnn(C)c3)c2)nc2ccccc21. The number of hydrogen-bond donors (Lipinski definition) is 1. The van der Waals surface area contributed by atoms with E-state index < -0.39 is 0 Å². The molecule has 0 bridgehead atoms. The molecular formula is C21H22N6O. The summed E-state index contributed by atoms with van der Waals surface area (Å²) in [4.78, 5) is 21.9. The molecule has 7 heteroatoms. The molecule has 0 saturated heterocycles. The van der Waals surface area contributed by atoms with Gasteiger partial charge in [0.05, 0.1) is 22.9 Å². The van der Waals surface area contributed by atoms with Gasteiger partial charge in [-0.15, -0.1) is 0 Å². The van der Waals surface area contributed by atoms with E-state index in [2.05, 4.69) is 38.8 Å². The minimum absolute atomic E-state index is 0.215. The number of imidazole rings is 1. The minimum Gasteiger partial charge on any atom is -0.310 e. The van der Waals surface area contributed by atoms with Crippen molar-refractivity contribution in [2.24, 2.45) is 13.0 Å². The molecule has 7 nitrogen and oxygen atoms in total. The first-order valence-corrected chi connectivity index (χ1v) is 9.23. The summed E-state index contributed by atoms with van der Waals surface area (Å²) in [6, 6.07) is 11.4. The molecule has 0 spiro atoms. The predicted molar refractivity (Wildman–Crippen MR) is 109 cm³/mol. The molecule has 1 amide bonds. The van der Waals surface area contributed by atoms with Gasteiger partial charge in [0.25, 0.3) is 5.91 Å². The van der Waals surface area contributed by atoms with E-state index in [1.807, 2.05) is 37.5 Å². The standard InChI is InChI=1S/C21H22N6O/c1-14(2)12-27-19-7-5-4-6-17(19)24-21(27)25-20(28)15-8-9-22-18(10-15)16-11-23-26(3)13-16/h4-11,13-14H,12H2,1-3H3,(H,24,25,28). The summed E-state index contributed by atoms with van der Waals surface area (Å²) < 4.78 is 3.76. The van der Waals surface area contributed by atoms with Gasteiger partial charge in [-0.25, -0.2) is 4.98 Å². The number of aryl methyl sites for hydroxylation is 1. The molecule has 1 N–H and O–H groups in total. The Hall–Kier alpha value is -3.48. The number of carbonyl (C=O) groups excluding carboxylic acids is 1. The quantitative estimate of drug-likeness (QED) is 0.577. The topological polar surface area (TPSA) is 77.6 Å². The Morgan fingerprint density at radius 2 is 2.04 bits per heavy atom. The lowest BCUT2D eigenvalue weighted by Crippen LogP contribution is -2.17. The second-order valence-electron chi connectivity index (χ2n) is 7.22. The second kappa shape index (κ2) is 7.26. The third-order valence-corrected chi connectivity index (χ3v) is 4.45. The van der Waals surface area contributed by atoms with E-state index in [1.54, 1.807) is 29.2 Å². The molecule has 3 heterocycles. The van der Waals surface area contributed by atoms with E-state index in [9.17, 15) is 4.79 Å². The maximum atomic E-state index is 12.9. The Labute approximate surface area is 163 Å². The zero-order chi connectivity index (χ0) is 19.7. The van der Waals surface area contributed by atoms with E-state index in [0.717, 1.165) is 23.1 Å². The Balaban J connectivity index is 1.65. The largest absolute Gasteiger partial charge is 0.310 e. The molecule has 28 heavy (non-hydrogen) atoms. The zero-order valence-corrected chi connectivity index (χ0v) is 16.1. The van der Waals surface area contributed by atoms with E-state index in [0.29, 0.717) is 23.1 Å². The highest BCUT2D eigenvalue weighted by atomic mass is 16.1. The Morgan fingerprint density at radius 1 is 1.21 bits per heavy atom. The number of carbonyl (C=O) groups is 1. The van der Waals surface area contributed by atoms with Gasteiger partial charge in [-0.3, -0.25) is 19.8 Å². The predicted octanol–water partition coefficient (Wildman–Crippen LogP) is 3.74. The van der Waals surface area contributed by atoms with Crippen LogP contribution in [-0.2, 0) is 13.6 Å². The monoisotopic (exact) mass is 374 g/mol. The van der Waals surface area contributed by atoms with Crippen molar-refractivity contribution in [2.75, 3.05) is 5.32 Å². The van der Waals surface area contributed by atoms with E-state index >= 15 is 0 Å². The summed E-state index contributed by atoms with van der Waals surface area (Å²) in [6.07, 6.45) is 5.23. The lowest BCUT2D eigenvalue weighted by molar-refractivity contribution is 0.102. The molecule has 0 atom stereocenters. The summed E-state index contributed by atoms with van der Waals surface area (Å²) in [7, 11) is 1.85. The Bertz CT molecular complexity index is 1140. The third-order valence-electron chi connectivity index (χ3n) is 4.45. The molecule has 0 radical (unpaired) electrons. The lowest BCUT2D eigenvalue weighted by Gasteiger charge is -2.12. The van der Waals surface area contributed by atoms with Gasteiger partial charge in [-0.05, 0) is 30.2 Å². The van der Waals surface area contributed by atoms with Crippen molar-refractivity contribution in [1.29, 1.82) is 0 Å². The molecule has 0 aliphatic carbocycles. The first-order valence-electron chi connectivity index (χ1n) is 9.23. The number of anilines is 1. The van der Waals surface area contributed by atoms with Crippen LogP contribution in [0.15, 0.2) is 55.0 Å². The fourth-order valence-corrected chi connectivity index (χ4v) is 3.18. The van der Waals surface area contributed by atoms with Gasteiger partial charge in [0.2, 0.25) is 5.95 Å². The smallest absolute Gasteiger partial charge is 0.258 e. The van der Waals surface area contributed by atoms with Crippen LogP contribution in [0.1, 0.15) is 24.2 Å². The van der Waals surface area contributed by atoms with Crippen molar-refractivity contribution in [3.63, 3.8) is 0 Å². The molecule has 4 aromatic rings. The highest BCUT2D eigenvalue weighted by molar-refractivity contribution is 6.04. The van der Waals surface area contributed by atoms with Crippen LogP contribution >= 0.6 is 0 Å². The van der Waals surface area contributed by atoms with Gasteiger partial charge in [0.1, 0.15) is 0 Å². The number of nitrogens with one attached hydrogen (secondary N) is 1. The molecule has 3 aromatic heterocycles. The number of amides is 1. The van der Waals surface area contributed by atoms with Gasteiger partial charge >= 0.3 is 0 Å². The van der Waals surface area contributed by atoms with Crippen LogP contribution in [0.3, 0.4) is 0 Å². The second-order valence-corrected chi connectivity index (χ2v) is 7.22. The number of hydrogen-bond acceptors (Lipinski definition) is 4. The number of fused-ring (bicyclic) bond motifs is 1. The number of nitrogens with zero attached hydrogens (tertiary/aromatic N) is 5. The van der Waals surface area contributed by atoms with Gasteiger partial charge in [0, 0.05) is 37.1 Å². The van der Waals surface area contributed by atoms with Gasteiger partial charge < -0.3 is 4.57 Å². The van der Waals surface area contributed by atoms with Crippen molar-refractivity contribution in [1.82, 2.24) is 24.3 Å². The van der Waals surface area contributed by atoms with Gasteiger partial charge in [-0.1, -0.05) is 26.0 Å². The maximum Gasteiger partial charge on any atom is 0.258 e. The molecule has 0 aliphatic rings. The van der Waals surface area contributed by atoms with E-state index in [4.69, 9.17) is 0 Å². The first-order chi connectivity index (χ1) is 13.5. The highest BCUT2D eigenvalue weighted by Gasteiger charge is 2.16. The zero-order valence-electron chi connectivity index (χ0n) is 16.1. The summed E-state index contributed by atoms with van der Waals surface area (Å²) >= 11 is 0. The summed E-state index contributed by atoms with van der Waals surface area (Å²) in [5.74, 6) is 0.763. The number of aromatic nitrogens is 5. The number of benzene rings is 1. The summed E-state index contributed by atoms with van der Waals surface area (Å²) in [6.45, 7) is 5.06. The van der Waals surface area contributed by atoms with Crippen LogP contribution in [0.25, 0.3) is 22.3 Å². The van der Waals surface area contributed by atoms with Gasteiger partial charge in [-0.2, -0.15) is 5.10 Å². The number of pyridine rings is 1. The van der Waals surface area contributed by atoms with Crippen molar-refractivity contribution < 1.29 is 4.79 Å². The highest BCUT2D eigenvalue weighted by Crippen LogP contribution is 2.22. The molecule has 0 aliphatic heterocycles. The average Bonchev–Trinajstić information content (AvgIpc) is 3.26. The molecule has 0 fully saturated rings. The third kappa shape index (κ3) is 3.51. The molecule has 4 rings (SSSR count). The number of rotatable bonds is 5. The van der Waals surface area contributed by atoms with Crippen molar-refractivity contribution >= 4 is 22.9 Å². The summed E-state index contributed by atoms with van der Waals surface area (Å²) in [5.41, 5.74) is 3.97. The normalized spacial score (nSPS) is 11.3. The van der Waals surface area contributed by atoms with Crippen molar-refractivity contribution in [2.45, 2.75) is 20.4 Å². The van der Waals surface area contributed by atoms with Crippen molar-refractivity contribution in [3.05, 3.63) is 60.6 Å². The van der Waals surface area contributed by atoms with Crippen LogP contribution < -0.4 is 5.32 Å². The molecule has 1 aromatic carbocycles. The van der Waals surface area contributed by atoms with Crippen LogP contribution in [-0.4, -0.2) is 30.2 Å². The fourth-order valence-electron chi connectivity index (χ4n) is 3.18. The Morgan fingerprint density at radius 3 is 2.79 bits per heavy atom. The van der Waals surface area contributed by atoms with Crippen LogP contribution in [0.2, 0.25) is 0 Å².